The van der Waals surface area contributed by atoms with E-state index in [0.29, 0.717) is 11.8 Å². The van der Waals surface area contributed by atoms with Crippen molar-refractivity contribution in [3.8, 4) is 0 Å². The molecule has 0 aliphatic carbocycles. The minimum atomic E-state index is -1.24. The van der Waals surface area contributed by atoms with Crippen LogP contribution in [0.15, 0.2) is 60.7 Å². The summed E-state index contributed by atoms with van der Waals surface area (Å²) >= 11 is 0. The van der Waals surface area contributed by atoms with Crippen LogP contribution in [0.4, 0.5) is 0 Å². The molecule has 2 aromatic carbocycles. The molecule has 0 spiro atoms. The molecule has 0 unspecified atom stereocenters. The van der Waals surface area contributed by atoms with Crippen LogP contribution in [0.3, 0.4) is 0 Å². The SMILES string of the molecule is CC(C)[C@H](NC(=O)c1ccccc1)C(=O)N(CC(=O)N[C@H](C=O)CC(=O)O)Cc1ccccc1. The van der Waals surface area contributed by atoms with Crippen molar-refractivity contribution in [3.05, 3.63) is 71.8 Å². The first-order valence-corrected chi connectivity index (χ1v) is 10.9. The van der Waals surface area contributed by atoms with Crippen molar-refractivity contribution >= 4 is 30.0 Å². The van der Waals surface area contributed by atoms with E-state index in [1.54, 1.807) is 68.4 Å². The number of benzene rings is 2. The molecule has 2 rings (SSSR count). The summed E-state index contributed by atoms with van der Waals surface area (Å²) in [6, 6.07) is 15.4. The highest BCUT2D eigenvalue weighted by atomic mass is 16.4. The van der Waals surface area contributed by atoms with Gasteiger partial charge in [-0.25, -0.2) is 0 Å². The molecule has 9 nitrogen and oxygen atoms in total. The maximum absolute atomic E-state index is 13.5. The number of carboxylic acid groups (broad SMARTS) is 1. The van der Waals surface area contributed by atoms with Crippen LogP contribution < -0.4 is 10.6 Å². The number of amides is 3. The molecule has 0 radical (unpaired) electrons. The van der Waals surface area contributed by atoms with Gasteiger partial charge in [-0.15, -0.1) is 0 Å². The lowest BCUT2D eigenvalue weighted by Gasteiger charge is -2.30. The fourth-order valence-electron chi connectivity index (χ4n) is 3.29. The third-order valence-electron chi connectivity index (χ3n) is 5.02. The molecule has 34 heavy (non-hydrogen) atoms. The van der Waals surface area contributed by atoms with E-state index in [-0.39, 0.29) is 12.5 Å². The Labute approximate surface area is 198 Å². The molecule has 0 aliphatic rings. The molecule has 0 heterocycles. The van der Waals surface area contributed by atoms with Crippen LogP contribution in [0.5, 0.6) is 0 Å². The van der Waals surface area contributed by atoms with Crippen LogP contribution in [0, 0.1) is 5.92 Å². The average Bonchev–Trinajstić information content (AvgIpc) is 2.81. The number of carbonyl (C=O) groups is 5. The highest BCUT2D eigenvalue weighted by Crippen LogP contribution is 2.12. The number of nitrogens with one attached hydrogen (secondary N) is 2. The van der Waals surface area contributed by atoms with E-state index in [4.69, 9.17) is 5.11 Å². The second-order valence-corrected chi connectivity index (χ2v) is 8.15. The van der Waals surface area contributed by atoms with Crippen molar-refractivity contribution in [3.63, 3.8) is 0 Å². The molecule has 3 N–H and O–H groups in total. The molecule has 0 saturated heterocycles. The summed E-state index contributed by atoms with van der Waals surface area (Å²) in [5, 5.41) is 14.0. The number of rotatable bonds is 12. The van der Waals surface area contributed by atoms with Crippen LogP contribution in [0.2, 0.25) is 0 Å². The van der Waals surface area contributed by atoms with Gasteiger partial charge >= 0.3 is 5.97 Å². The number of aldehydes is 1. The van der Waals surface area contributed by atoms with Gasteiger partial charge in [-0.3, -0.25) is 19.2 Å². The van der Waals surface area contributed by atoms with Gasteiger partial charge in [0.2, 0.25) is 11.8 Å². The lowest BCUT2D eigenvalue weighted by molar-refractivity contribution is -0.141. The van der Waals surface area contributed by atoms with Crippen LogP contribution in [0.1, 0.15) is 36.2 Å². The minimum Gasteiger partial charge on any atom is -0.481 e. The lowest BCUT2D eigenvalue weighted by Crippen LogP contribution is -2.53. The normalized spacial score (nSPS) is 12.3. The summed E-state index contributed by atoms with van der Waals surface area (Å²) in [4.78, 5) is 62.1. The summed E-state index contributed by atoms with van der Waals surface area (Å²) in [6.45, 7) is 3.23. The molecule has 3 amide bonds. The van der Waals surface area contributed by atoms with Gasteiger partial charge in [-0.05, 0) is 23.6 Å². The van der Waals surface area contributed by atoms with Crippen molar-refractivity contribution in [1.29, 1.82) is 0 Å². The summed E-state index contributed by atoms with van der Waals surface area (Å²) in [6.07, 6.45) is -0.226. The smallest absolute Gasteiger partial charge is 0.305 e. The van der Waals surface area contributed by atoms with E-state index in [1.165, 1.54) is 4.90 Å². The molecular weight excluding hydrogens is 438 g/mol. The van der Waals surface area contributed by atoms with Crippen molar-refractivity contribution in [2.45, 2.75) is 38.9 Å². The number of hydrogen-bond acceptors (Lipinski definition) is 5. The highest BCUT2D eigenvalue weighted by molar-refractivity contribution is 5.98. The highest BCUT2D eigenvalue weighted by Gasteiger charge is 2.30. The summed E-state index contributed by atoms with van der Waals surface area (Å²) < 4.78 is 0. The van der Waals surface area contributed by atoms with Gasteiger partial charge in [0.05, 0.1) is 19.0 Å². The Morgan fingerprint density at radius 2 is 1.53 bits per heavy atom. The first kappa shape index (κ1) is 26.2. The standard InChI is InChI=1S/C25H29N3O6/c1-17(2)23(27-24(33)19-11-7-4-8-12-19)25(34)28(14-18-9-5-3-6-10-18)15-21(30)26-20(16-29)13-22(31)32/h3-12,16-17,20,23H,13-15H2,1-2H3,(H,26,30)(H,27,33)(H,31,32)/t20-,23-/m0/s1. The Morgan fingerprint density at radius 3 is 2.06 bits per heavy atom. The van der Waals surface area contributed by atoms with E-state index >= 15 is 0 Å². The van der Waals surface area contributed by atoms with Crippen LogP contribution in [0.25, 0.3) is 0 Å². The molecule has 0 fully saturated rings. The van der Waals surface area contributed by atoms with Gasteiger partial charge in [0, 0.05) is 12.1 Å². The zero-order valence-electron chi connectivity index (χ0n) is 19.1. The Hall–Kier alpha value is -4.01. The van der Waals surface area contributed by atoms with Gasteiger partial charge in [-0.1, -0.05) is 62.4 Å². The number of carbonyl (C=O) groups excluding carboxylic acids is 4. The molecule has 0 saturated carbocycles. The van der Waals surface area contributed by atoms with Gasteiger partial charge in [0.1, 0.15) is 12.3 Å². The molecule has 9 heteroatoms. The zero-order chi connectivity index (χ0) is 25.1. The maximum Gasteiger partial charge on any atom is 0.305 e. The zero-order valence-corrected chi connectivity index (χ0v) is 19.1. The van der Waals surface area contributed by atoms with Crippen LogP contribution >= 0.6 is 0 Å². The monoisotopic (exact) mass is 467 g/mol. The fraction of sp³-hybridized carbons (Fsp3) is 0.320. The van der Waals surface area contributed by atoms with Crippen molar-refractivity contribution in [1.82, 2.24) is 15.5 Å². The summed E-state index contributed by atoms with van der Waals surface area (Å²) in [7, 11) is 0. The van der Waals surface area contributed by atoms with Gasteiger partial charge in [0.15, 0.2) is 0 Å². The molecular formula is C25H29N3O6. The lowest BCUT2D eigenvalue weighted by atomic mass is 10.0. The average molecular weight is 468 g/mol. The van der Waals surface area contributed by atoms with E-state index in [2.05, 4.69) is 10.6 Å². The molecule has 2 atom stereocenters. The molecule has 2 aromatic rings. The van der Waals surface area contributed by atoms with E-state index in [9.17, 15) is 24.0 Å². The third-order valence-corrected chi connectivity index (χ3v) is 5.02. The first-order chi connectivity index (χ1) is 16.2. The van der Waals surface area contributed by atoms with E-state index < -0.39 is 48.7 Å². The van der Waals surface area contributed by atoms with E-state index in [1.807, 2.05) is 6.07 Å². The Kier molecular flexibility index (Phi) is 9.94. The van der Waals surface area contributed by atoms with Crippen molar-refractivity contribution in [2.24, 2.45) is 5.92 Å². The summed E-state index contributed by atoms with van der Waals surface area (Å²) in [5.41, 5.74) is 1.16. The minimum absolute atomic E-state index is 0.0855. The fourth-order valence-corrected chi connectivity index (χ4v) is 3.29. The predicted molar refractivity (Wildman–Crippen MR) is 125 cm³/mol. The Balaban J connectivity index is 2.23. The van der Waals surface area contributed by atoms with Gasteiger partial charge < -0.3 is 25.4 Å². The molecule has 0 aliphatic heterocycles. The van der Waals surface area contributed by atoms with Crippen LogP contribution in [-0.2, 0) is 25.7 Å². The van der Waals surface area contributed by atoms with Gasteiger partial charge in [0.25, 0.3) is 5.91 Å². The topological polar surface area (TPSA) is 133 Å². The third kappa shape index (κ3) is 8.16. The van der Waals surface area contributed by atoms with Crippen molar-refractivity contribution < 1.29 is 29.1 Å². The van der Waals surface area contributed by atoms with Crippen molar-refractivity contribution in [2.75, 3.05) is 6.54 Å². The second-order valence-electron chi connectivity index (χ2n) is 8.15. The van der Waals surface area contributed by atoms with E-state index in [0.717, 1.165) is 5.56 Å². The predicted octanol–water partition coefficient (Wildman–Crippen LogP) is 1.63. The van der Waals surface area contributed by atoms with Crippen LogP contribution in [-0.4, -0.2) is 58.6 Å². The molecule has 0 bridgehead atoms. The maximum atomic E-state index is 13.5. The molecule has 0 aromatic heterocycles. The Bertz CT molecular complexity index is 994. The van der Waals surface area contributed by atoms with Gasteiger partial charge in [-0.2, -0.15) is 0 Å². The number of hydrogen-bond donors (Lipinski definition) is 3. The number of nitrogens with zero attached hydrogens (tertiary/aromatic N) is 1. The first-order valence-electron chi connectivity index (χ1n) is 10.9. The summed E-state index contributed by atoms with van der Waals surface area (Å²) in [5.74, 6) is -3.09. The Morgan fingerprint density at radius 1 is 0.941 bits per heavy atom. The molecule has 180 valence electrons. The largest absolute Gasteiger partial charge is 0.481 e. The number of carboxylic acids is 1. The quantitative estimate of drug-likeness (QED) is 0.407. The second kappa shape index (κ2) is 12.9. The number of aliphatic carboxylic acids is 1.